The molecule has 0 aliphatic carbocycles. The summed E-state index contributed by atoms with van der Waals surface area (Å²) in [6.45, 7) is 3.67. The summed E-state index contributed by atoms with van der Waals surface area (Å²) in [6, 6.07) is 10.4. The number of nitrogens with zero attached hydrogens (tertiary/aromatic N) is 1. The van der Waals surface area contributed by atoms with Crippen LogP contribution in [-0.2, 0) is 9.59 Å². The largest absolute Gasteiger partial charge is 0.504 e. The Morgan fingerprint density at radius 2 is 1.97 bits per heavy atom. The Morgan fingerprint density at radius 1 is 1.27 bits per heavy atom. The lowest BCUT2D eigenvalue weighted by Crippen LogP contribution is -2.36. The number of nitrogens with one attached hydrogen (secondary N) is 1. The smallest absolute Gasteiger partial charge is 0.294 e. The van der Waals surface area contributed by atoms with Gasteiger partial charge in [-0.2, -0.15) is 0 Å². The van der Waals surface area contributed by atoms with Crippen LogP contribution in [0.1, 0.15) is 18.1 Å². The SMILES string of the molecule is CCOc1cc(Br)cc(C=C2SC(=O)N(CC(=O)Nc3ccc(C)cc3)C2=O)c1O. The van der Waals surface area contributed by atoms with Gasteiger partial charge in [0.15, 0.2) is 11.5 Å². The van der Waals surface area contributed by atoms with Gasteiger partial charge < -0.3 is 15.2 Å². The number of rotatable bonds is 6. The van der Waals surface area contributed by atoms with Crippen molar-refractivity contribution in [3.63, 3.8) is 0 Å². The minimum Gasteiger partial charge on any atom is -0.504 e. The molecule has 1 aliphatic heterocycles. The van der Waals surface area contributed by atoms with E-state index in [1.54, 1.807) is 31.2 Å². The van der Waals surface area contributed by atoms with Gasteiger partial charge in [-0.15, -0.1) is 0 Å². The number of ether oxygens (including phenoxy) is 1. The van der Waals surface area contributed by atoms with E-state index in [0.29, 0.717) is 34.1 Å². The van der Waals surface area contributed by atoms with Gasteiger partial charge in [-0.25, -0.2) is 0 Å². The van der Waals surface area contributed by atoms with Crippen LogP contribution in [0.15, 0.2) is 45.8 Å². The number of phenolic OH excluding ortho intramolecular Hbond substituents is 1. The Morgan fingerprint density at radius 3 is 2.63 bits per heavy atom. The molecule has 7 nitrogen and oxygen atoms in total. The second-order valence-corrected chi connectivity index (χ2v) is 8.37. The van der Waals surface area contributed by atoms with Gasteiger partial charge in [-0.3, -0.25) is 19.3 Å². The summed E-state index contributed by atoms with van der Waals surface area (Å²) in [4.78, 5) is 38.2. The molecule has 1 saturated heterocycles. The molecule has 30 heavy (non-hydrogen) atoms. The number of carbonyl (C=O) groups is 3. The number of imide groups is 1. The zero-order valence-corrected chi connectivity index (χ0v) is 18.7. The fraction of sp³-hybridized carbons (Fsp3) is 0.190. The molecule has 3 amide bonds. The Balaban J connectivity index is 1.76. The minimum absolute atomic E-state index is 0.110. The van der Waals surface area contributed by atoms with Crippen molar-refractivity contribution in [3.05, 3.63) is 56.9 Å². The van der Waals surface area contributed by atoms with Crippen LogP contribution >= 0.6 is 27.7 Å². The van der Waals surface area contributed by atoms with Gasteiger partial charge >= 0.3 is 0 Å². The summed E-state index contributed by atoms with van der Waals surface area (Å²) in [6.07, 6.45) is 1.41. The van der Waals surface area contributed by atoms with E-state index < -0.39 is 23.6 Å². The van der Waals surface area contributed by atoms with Crippen molar-refractivity contribution in [1.82, 2.24) is 4.90 Å². The van der Waals surface area contributed by atoms with E-state index in [9.17, 15) is 19.5 Å². The average Bonchev–Trinajstić information content (AvgIpc) is 2.95. The minimum atomic E-state index is -0.596. The third-order valence-electron chi connectivity index (χ3n) is 4.17. The van der Waals surface area contributed by atoms with Crippen LogP contribution in [-0.4, -0.2) is 40.2 Å². The zero-order valence-electron chi connectivity index (χ0n) is 16.3. The lowest BCUT2D eigenvalue weighted by molar-refractivity contribution is -0.127. The van der Waals surface area contributed by atoms with Gasteiger partial charge in [0, 0.05) is 15.7 Å². The summed E-state index contributed by atoms with van der Waals surface area (Å²) in [5.74, 6) is -0.952. The van der Waals surface area contributed by atoms with Gasteiger partial charge in [0.25, 0.3) is 11.1 Å². The number of anilines is 1. The number of hydrogen-bond donors (Lipinski definition) is 2. The number of halogens is 1. The van der Waals surface area contributed by atoms with Crippen molar-refractivity contribution in [2.75, 3.05) is 18.5 Å². The average molecular weight is 491 g/mol. The molecular weight excluding hydrogens is 472 g/mol. The number of phenols is 1. The molecule has 2 aromatic rings. The highest BCUT2D eigenvalue weighted by Gasteiger charge is 2.36. The van der Waals surface area contributed by atoms with Crippen molar-refractivity contribution in [2.45, 2.75) is 13.8 Å². The van der Waals surface area contributed by atoms with Gasteiger partial charge in [-0.05, 0) is 56.0 Å². The van der Waals surface area contributed by atoms with Crippen molar-refractivity contribution >= 4 is 56.5 Å². The zero-order chi connectivity index (χ0) is 21.8. The summed E-state index contributed by atoms with van der Waals surface area (Å²) in [5, 5.41) is 12.5. The van der Waals surface area contributed by atoms with E-state index in [2.05, 4.69) is 21.2 Å². The van der Waals surface area contributed by atoms with E-state index >= 15 is 0 Å². The maximum atomic E-state index is 12.7. The van der Waals surface area contributed by atoms with Crippen molar-refractivity contribution in [2.24, 2.45) is 0 Å². The third-order valence-corrected chi connectivity index (χ3v) is 5.53. The molecule has 0 saturated carbocycles. The highest BCUT2D eigenvalue weighted by atomic mass is 79.9. The highest BCUT2D eigenvalue weighted by Crippen LogP contribution is 2.38. The van der Waals surface area contributed by atoms with Gasteiger partial charge in [0.05, 0.1) is 11.5 Å². The standard InChI is InChI=1S/C21H19BrN2O5S/c1-3-29-16-10-14(22)8-13(19(16)26)9-17-20(27)24(21(28)30-17)11-18(25)23-15-6-4-12(2)5-7-15/h4-10,26H,3,11H2,1-2H3,(H,23,25). The first-order valence-electron chi connectivity index (χ1n) is 9.05. The van der Waals surface area contributed by atoms with E-state index in [0.717, 1.165) is 10.5 Å². The monoisotopic (exact) mass is 490 g/mol. The molecule has 156 valence electrons. The summed E-state index contributed by atoms with van der Waals surface area (Å²) >= 11 is 4.04. The molecule has 1 aliphatic rings. The summed E-state index contributed by atoms with van der Waals surface area (Å²) < 4.78 is 6.02. The Kier molecular flexibility index (Phi) is 6.84. The lowest BCUT2D eigenvalue weighted by atomic mass is 10.1. The van der Waals surface area contributed by atoms with Gasteiger partial charge in [0.1, 0.15) is 6.54 Å². The van der Waals surface area contributed by atoms with Crippen molar-refractivity contribution in [3.8, 4) is 11.5 Å². The number of thioether (sulfide) groups is 1. The molecule has 0 radical (unpaired) electrons. The predicted octanol–water partition coefficient (Wildman–Crippen LogP) is 4.54. The predicted molar refractivity (Wildman–Crippen MR) is 119 cm³/mol. The fourth-order valence-corrected chi connectivity index (χ4v) is 4.01. The molecule has 1 heterocycles. The van der Waals surface area contributed by atoms with E-state index in [1.807, 2.05) is 19.1 Å². The molecule has 0 bridgehead atoms. The molecule has 2 N–H and O–H groups in total. The van der Waals surface area contributed by atoms with E-state index in [4.69, 9.17) is 4.74 Å². The second-order valence-electron chi connectivity index (χ2n) is 6.46. The normalized spacial score (nSPS) is 15.0. The van der Waals surface area contributed by atoms with E-state index in [-0.39, 0.29) is 16.4 Å². The van der Waals surface area contributed by atoms with Crippen LogP contribution in [0.3, 0.4) is 0 Å². The molecular formula is C21H19BrN2O5S. The van der Waals surface area contributed by atoms with Crippen molar-refractivity contribution in [1.29, 1.82) is 0 Å². The van der Waals surface area contributed by atoms with Crippen LogP contribution < -0.4 is 10.1 Å². The number of carbonyl (C=O) groups excluding carboxylic acids is 3. The second kappa shape index (κ2) is 9.36. The molecule has 3 rings (SSSR count). The van der Waals surface area contributed by atoms with Crippen LogP contribution in [0.2, 0.25) is 0 Å². The van der Waals surface area contributed by atoms with E-state index in [1.165, 1.54) is 6.08 Å². The molecule has 0 spiro atoms. The molecule has 0 unspecified atom stereocenters. The fourth-order valence-electron chi connectivity index (χ4n) is 2.73. The molecule has 1 fully saturated rings. The van der Waals surface area contributed by atoms with Crippen molar-refractivity contribution < 1.29 is 24.2 Å². The van der Waals surface area contributed by atoms with Crippen LogP contribution in [0.4, 0.5) is 10.5 Å². The quantitative estimate of drug-likeness (QED) is 0.577. The molecule has 9 heteroatoms. The Bertz CT molecular complexity index is 1040. The molecule has 2 aromatic carbocycles. The number of aromatic hydroxyl groups is 1. The number of aryl methyl sites for hydroxylation is 1. The van der Waals surface area contributed by atoms with Gasteiger partial charge in [0.2, 0.25) is 5.91 Å². The number of benzene rings is 2. The Labute approximate surface area is 186 Å². The first-order chi connectivity index (χ1) is 14.3. The summed E-state index contributed by atoms with van der Waals surface area (Å²) in [7, 11) is 0. The molecule has 0 atom stereocenters. The van der Waals surface area contributed by atoms with Crippen LogP contribution in [0.25, 0.3) is 6.08 Å². The topological polar surface area (TPSA) is 95.9 Å². The highest BCUT2D eigenvalue weighted by molar-refractivity contribution is 9.10. The lowest BCUT2D eigenvalue weighted by Gasteiger charge is -2.12. The maximum Gasteiger partial charge on any atom is 0.294 e. The maximum absolute atomic E-state index is 12.7. The third kappa shape index (κ3) is 5.03. The van der Waals surface area contributed by atoms with Gasteiger partial charge in [-0.1, -0.05) is 33.6 Å². The van der Waals surface area contributed by atoms with Crippen LogP contribution in [0, 0.1) is 6.92 Å². The molecule has 0 aromatic heterocycles. The number of amides is 3. The number of hydrogen-bond acceptors (Lipinski definition) is 6. The first-order valence-corrected chi connectivity index (χ1v) is 10.7. The summed E-state index contributed by atoms with van der Waals surface area (Å²) in [5.41, 5.74) is 1.95. The van der Waals surface area contributed by atoms with Crippen LogP contribution in [0.5, 0.6) is 11.5 Å². The first kappa shape index (κ1) is 21.9. The Hall–Kier alpha value is -2.78.